The van der Waals surface area contributed by atoms with Gasteiger partial charge in [0.15, 0.2) is 0 Å². The quantitative estimate of drug-likeness (QED) is 0.327. The molecule has 8 heteroatoms. The van der Waals surface area contributed by atoms with E-state index in [0.717, 1.165) is 35.8 Å². The molecule has 1 saturated heterocycles. The molecule has 1 aliphatic heterocycles. The van der Waals surface area contributed by atoms with Crippen LogP contribution in [0.5, 0.6) is 0 Å². The molecular weight excluding hydrogens is 522 g/mol. The van der Waals surface area contributed by atoms with Gasteiger partial charge in [-0.2, -0.15) is 0 Å². The maximum atomic E-state index is 13.3. The van der Waals surface area contributed by atoms with Crippen molar-refractivity contribution in [2.45, 2.75) is 50.6 Å². The van der Waals surface area contributed by atoms with E-state index in [2.05, 4.69) is 56.1 Å². The minimum Gasteiger partial charge on any atom is -0.465 e. The number of aryl methyl sites for hydroxylation is 1. The molecule has 3 aromatic rings. The van der Waals surface area contributed by atoms with E-state index < -0.39 is 12.1 Å². The zero-order valence-electron chi connectivity index (χ0n) is 20.7. The van der Waals surface area contributed by atoms with Crippen LogP contribution in [-0.2, 0) is 22.5 Å². The van der Waals surface area contributed by atoms with Gasteiger partial charge < -0.3 is 24.6 Å². The van der Waals surface area contributed by atoms with Crippen molar-refractivity contribution in [3.63, 3.8) is 0 Å². The van der Waals surface area contributed by atoms with Gasteiger partial charge in [0.2, 0.25) is 5.91 Å². The van der Waals surface area contributed by atoms with Crippen LogP contribution in [-0.4, -0.2) is 59.4 Å². The number of carbonyl (C=O) groups is 2. The van der Waals surface area contributed by atoms with Crippen molar-refractivity contribution in [2.24, 2.45) is 0 Å². The highest BCUT2D eigenvalue weighted by molar-refractivity contribution is 9.10. The molecule has 7 nitrogen and oxygen atoms in total. The molecular formula is C28H34BrN3O4. The fourth-order valence-corrected chi connectivity index (χ4v) is 5.49. The number of rotatable bonds is 10. The maximum absolute atomic E-state index is 13.3. The summed E-state index contributed by atoms with van der Waals surface area (Å²) in [5.74, 6) is 0.243. The summed E-state index contributed by atoms with van der Waals surface area (Å²) in [6.07, 6.45) is 2.39. The second-order valence-electron chi connectivity index (χ2n) is 9.49. The minimum absolute atomic E-state index is 0.00222. The van der Waals surface area contributed by atoms with E-state index in [1.807, 2.05) is 29.2 Å². The summed E-state index contributed by atoms with van der Waals surface area (Å²) in [4.78, 5) is 26.7. The lowest BCUT2D eigenvalue weighted by molar-refractivity contribution is -0.132. The second kappa shape index (κ2) is 12.4. The Labute approximate surface area is 220 Å². The van der Waals surface area contributed by atoms with E-state index in [9.17, 15) is 14.7 Å². The average molecular weight is 557 g/mol. The van der Waals surface area contributed by atoms with Crippen molar-refractivity contribution < 1.29 is 19.4 Å². The van der Waals surface area contributed by atoms with Crippen LogP contribution in [0.25, 0.3) is 10.9 Å². The van der Waals surface area contributed by atoms with E-state index >= 15 is 0 Å². The number of aromatic nitrogens is 1. The van der Waals surface area contributed by atoms with Crippen LogP contribution in [0.15, 0.2) is 59.1 Å². The smallest absolute Gasteiger partial charge is 0.404 e. The summed E-state index contributed by atoms with van der Waals surface area (Å²) in [5, 5.41) is 13.1. The lowest BCUT2D eigenvalue weighted by Crippen LogP contribution is -2.44. The first-order chi connectivity index (χ1) is 17.4. The topological polar surface area (TPSA) is 83.8 Å². The standard InChI is InChI=1S/C28H34BrN3O4/c1-36-15-5-14-32-25-8-3-2-6-21(25)17-26(32)22-7-4-13-31(19-22)27(33)18-24(30-28(34)35)16-20-9-11-23(29)12-10-20/h2-3,6,8-12,17,22,24,30H,4-5,7,13-16,18-19H2,1H3,(H,34,35). The molecule has 2 N–H and O–H groups in total. The fourth-order valence-electron chi connectivity index (χ4n) is 5.23. The third-order valence-corrected chi connectivity index (χ3v) is 7.44. The zero-order valence-corrected chi connectivity index (χ0v) is 22.2. The van der Waals surface area contributed by atoms with Gasteiger partial charge in [-0.3, -0.25) is 4.79 Å². The number of ether oxygens (including phenoxy) is 1. The highest BCUT2D eigenvalue weighted by Gasteiger charge is 2.29. The summed E-state index contributed by atoms with van der Waals surface area (Å²) < 4.78 is 8.63. The number of methoxy groups -OCH3 is 1. The van der Waals surface area contributed by atoms with Gasteiger partial charge in [-0.15, -0.1) is 0 Å². The van der Waals surface area contributed by atoms with Crippen molar-refractivity contribution in [3.8, 4) is 0 Å². The Bertz CT molecular complexity index is 1180. The molecule has 2 heterocycles. The second-order valence-corrected chi connectivity index (χ2v) is 10.4. The number of para-hydroxylation sites is 1. The first-order valence-corrected chi connectivity index (χ1v) is 13.3. The highest BCUT2D eigenvalue weighted by atomic mass is 79.9. The fraction of sp³-hybridized carbons (Fsp3) is 0.429. The largest absolute Gasteiger partial charge is 0.465 e. The molecule has 2 aromatic carbocycles. The molecule has 0 radical (unpaired) electrons. The Balaban J connectivity index is 1.48. The first kappa shape index (κ1) is 26.2. The average Bonchev–Trinajstić information content (AvgIpc) is 3.24. The van der Waals surface area contributed by atoms with Gasteiger partial charge in [-0.05, 0) is 60.9 Å². The monoisotopic (exact) mass is 555 g/mol. The first-order valence-electron chi connectivity index (χ1n) is 12.5. The molecule has 192 valence electrons. The van der Waals surface area contributed by atoms with E-state index in [1.165, 1.54) is 16.6 Å². The molecule has 1 fully saturated rings. The van der Waals surface area contributed by atoms with Crippen LogP contribution in [0.2, 0.25) is 0 Å². The lowest BCUT2D eigenvalue weighted by Gasteiger charge is -2.34. The number of fused-ring (bicyclic) bond motifs is 1. The van der Waals surface area contributed by atoms with E-state index in [0.29, 0.717) is 26.1 Å². The van der Waals surface area contributed by atoms with E-state index in [-0.39, 0.29) is 18.2 Å². The number of likely N-dealkylation sites (tertiary alicyclic amines) is 1. The Hall–Kier alpha value is -2.84. The number of nitrogens with zero attached hydrogens (tertiary/aromatic N) is 2. The molecule has 4 rings (SSSR count). The normalized spacial score (nSPS) is 16.7. The van der Waals surface area contributed by atoms with Crippen LogP contribution in [0.4, 0.5) is 4.79 Å². The Kier molecular flexibility index (Phi) is 9.04. The van der Waals surface area contributed by atoms with E-state index in [1.54, 1.807) is 7.11 Å². The summed E-state index contributed by atoms with van der Waals surface area (Å²) in [6.45, 7) is 2.94. The number of piperidine rings is 1. The molecule has 1 aliphatic rings. The molecule has 2 amide bonds. The van der Waals surface area contributed by atoms with Crippen LogP contribution < -0.4 is 5.32 Å². The number of nitrogens with one attached hydrogen (secondary N) is 1. The van der Waals surface area contributed by atoms with Crippen LogP contribution >= 0.6 is 15.9 Å². The van der Waals surface area contributed by atoms with Crippen molar-refractivity contribution in [1.29, 1.82) is 0 Å². The molecule has 0 bridgehead atoms. The minimum atomic E-state index is -1.11. The Morgan fingerprint density at radius 2 is 1.97 bits per heavy atom. The van der Waals surface area contributed by atoms with Crippen LogP contribution in [0, 0.1) is 0 Å². The van der Waals surface area contributed by atoms with Crippen molar-refractivity contribution in [2.75, 3.05) is 26.8 Å². The van der Waals surface area contributed by atoms with Gasteiger partial charge in [0.05, 0.1) is 0 Å². The van der Waals surface area contributed by atoms with Crippen molar-refractivity contribution >= 4 is 38.8 Å². The number of hydrogen-bond donors (Lipinski definition) is 2. The highest BCUT2D eigenvalue weighted by Crippen LogP contribution is 2.32. The SMILES string of the molecule is COCCCn1c(C2CCCN(C(=O)CC(Cc3ccc(Br)cc3)NC(=O)O)C2)cc2ccccc21. The van der Waals surface area contributed by atoms with E-state index in [4.69, 9.17) is 4.74 Å². The molecule has 1 aromatic heterocycles. The Morgan fingerprint density at radius 1 is 1.19 bits per heavy atom. The number of benzene rings is 2. The van der Waals surface area contributed by atoms with Crippen molar-refractivity contribution in [3.05, 3.63) is 70.3 Å². The molecule has 0 spiro atoms. The van der Waals surface area contributed by atoms with Gasteiger partial charge in [0, 0.05) is 67.4 Å². The summed E-state index contributed by atoms with van der Waals surface area (Å²) >= 11 is 3.42. The number of amides is 2. The Morgan fingerprint density at radius 3 is 2.72 bits per heavy atom. The van der Waals surface area contributed by atoms with Gasteiger partial charge >= 0.3 is 6.09 Å². The number of carbonyl (C=O) groups excluding carboxylic acids is 1. The van der Waals surface area contributed by atoms with Crippen LogP contribution in [0.3, 0.4) is 0 Å². The van der Waals surface area contributed by atoms with Crippen LogP contribution in [0.1, 0.15) is 42.9 Å². The number of halogens is 1. The molecule has 36 heavy (non-hydrogen) atoms. The molecule has 2 unspecified atom stereocenters. The van der Waals surface area contributed by atoms with Gasteiger partial charge in [-0.1, -0.05) is 46.3 Å². The molecule has 2 atom stereocenters. The van der Waals surface area contributed by atoms with Gasteiger partial charge in [0.1, 0.15) is 0 Å². The number of carboxylic acid groups (broad SMARTS) is 1. The molecule has 0 saturated carbocycles. The summed E-state index contributed by atoms with van der Waals surface area (Å²) in [6, 6.07) is 18.0. The predicted molar refractivity (Wildman–Crippen MR) is 144 cm³/mol. The lowest BCUT2D eigenvalue weighted by atomic mass is 9.93. The summed E-state index contributed by atoms with van der Waals surface area (Å²) in [5.41, 5.74) is 3.47. The van der Waals surface area contributed by atoms with Gasteiger partial charge in [-0.25, -0.2) is 4.79 Å². The zero-order chi connectivity index (χ0) is 25.5. The maximum Gasteiger partial charge on any atom is 0.404 e. The van der Waals surface area contributed by atoms with Gasteiger partial charge in [0.25, 0.3) is 0 Å². The number of hydrogen-bond acceptors (Lipinski definition) is 3. The molecule has 0 aliphatic carbocycles. The predicted octanol–water partition coefficient (Wildman–Crippen LogP) is 5.42. The third-order valence-electron chi connectivity index (χ3n) is 6.91. The third kappa shape index (κ3) is 6.68. The summed E-state index contributed by atoms with van der Waals surface area (Å²) in [7, 11) is 1.72. The van der Waals surface area contributed by atoms with Crippen molar-refractivity contribution in [1.82, 2.24) is 14.8 Å².